The van der Waals surface area contributed by atoms with Crippen LogP contribution in [0, 0.1) is 13.8 Å². The summed E-state index contributed by atoms with van der Waals surface area (Å²) in [5, 5.41) is 13.0. The van der Waals surface area contributed by atoms with Gasteiger partial charge in [0.25, 0.3) is 0 Å². The van der Waals surface area contributed by atoms with Crippen molar-refractivity contribution in [3.8, 4) is 0 Å². The van der Waals surface area contributed by atoms with Crippen molar-refractivity contribution in [1.29, 1.82) is 0 Å². The van der Waals surface area contributed by atoms with Crippen LogP contribution in [0.4, 0.5) is 0 Å². The Kier molecular flexibility index (Phi) is 4.25. The van der Waals surface area contributed by atoms with Crippen molar-refractivity contribution in [1.82, 2.24) is 25.3 Å². The minimum atomic E-state index is -0.0256. The Bertz CT molecular complexity index is 579. The molecular weight excluding hydrogens is 270 g/mol. The van der Waals surface area contributed by atoms with E-state index in [0.29, 0.717) is 6.54 Å². The van der Waals surface area contributed by atoms with E-state index in [1.807, 2.05) is 17.8 Å². The number of hydrogen-bond donors (Lipinski definition) is 1. The molecule has 2 aromatic heterocycles. The maximum absolute atomic E-state index is 4.47. The SMILES string of the molecule is Cc1nc(C)c(C(C)NCc2cn(C(C)(C)C)nn2)s1. The first kappa shape index (κ1) is 15.1. The van der Waals surface area contributed by atoms with Crippen molar-refractivity contribution in [2.45, 2.75) is 59.7 Å². The maximum atomic E-state index is 4.47. The second-order valence-electron chi connectivity index (χ2n) is 6.11. The molecule has 5 nitrogen and oxygen atoms in total. The van der Waals surface area contributed by atoms with Gasteiger partial charge in [-0.05, 0) is 41.5 Å². The maximum Gasteiger partial charge on any atom is 0.0965 e. The summed E-state index contributed by atoms with van der Waals surface area (Å²) in [6.45, 7) is 13.3. The zero-order valence-corrected chi connectivity index (χ0v) is 13.9. The number of aromatic nitrogens is 4. The molecule has 0 saturated carbocycles. The first-order valence-electron chi connectivity index (χ1n) is 6.86. The number of rotatable bonds is 4. The number of nitrogens with zero attached hydrogens (tertiary/aromatic N) is 4. The van der Waals surface area contributed by atoms with Gasteiger partial charge >= 0.3 is 0 Å². The van der Waals surface area contributed by atoms with Crippen molar-refractivity contribution in [3.63, 3.8) is 0 Å². The van der Waals surface area contributed by atoms with Crippen LogP contribution in [0.15, 0.2) is 6.20 Å². The van der Waals surface area contributed by atoms with Crippen LogP contribution in [-0.4, -0.2) is 20.0 Å². The van der Waals surface area contributed by atoms with E-state index in [4.69, 9.17) is 0 Å². The molecule has 2 rings (SSSR count). The molecule has 6 heteroatoms. The molecule has 1 N–H and O–H groups in total. The highest BCUT2D eigenvalue weighted by Gasteiger charge is 2.16. The van der Waals surface area contributed by atoms with Crippen molar-refractivity contribution in [3.05, 3.63) is 27.5 Å². The highest BCUT2D eigenvalue weighted by molar-refractivity contribution is 7.11. The topological polar surface area (TPSA) is 55.6 Å². The second kappa shape index (κ2) is 5.61. The largest absolute Gasteiger partial charge is 0.304 e. The van der Waals surface area contributed by atoms with Gasteiger partial charge < -0.3 is 5.32 Å². The summed E-state index contributed by atoms with van der Waals surface area (Å²) in [6.07, 6.45) is 2.00. The number of thiazole rings is 1. The lowest BCUT2D eigenvalue weighted by atomic mass is 10.1. The smallest absolute Gasteiger partial charge is 0.0965 e. The average molecular weight is 293 g/mol. The molecule has 0 saturated heterocycles. The van der Waals surface area contributed by atoms with Gasteiger partial charge in [0.05, 0.1) is 28.1 Å². The van der Waals surface area contributed by atoms with Gasteiger partial charge in [0.15, 0.2) is 0 Å². The summed E-state index contributed by atoms with van der Waals surface area (Å²) >= 11 is 1.75. The van der Waals surface area contributed by atoms with Crippen LogP contribution in [0.25, 0.3) is 0 Å². The molecule has 0 aliphatic rings. The lowest BCUT2D eigenvalue weighted by molar-refractivity contribution is 0.347. The number of aryl methyl sites for hydroxylation is 2. The van der Waals surface area contributed by atoms with E-state index in [0.717, 1.165) is 16.4 Å². The molecule has 2 heterocycles. The fraction of sp³-hybridized carbons (Fsp3) is 0.643. The van der Waals surface area contributed by atoms with Gasteiger partial charge in [-0.25, -0.2) is 9.67 Å². The second-order valence-corrected chi connectivity index (χ2v) is 7.35. The summed E-state index contributed by atoms with van der Waals surface area (Å²) < 4.78 is 1.90. The molecule has 2 aromatic rings. The fourth-order valence-corrected chi connectivity index (χ4v) is 2.96. The first-order chi connectivity index (χ1) is 9.27. The molecule has 1 unspecified atom stereocenters. The van der Waals surface area contributed by atoms with E-state index in [2.05, 4.69) is 55.2 Å². The van der Waals surface area contributed by atoms with Crippen LogP contribution in [0.2, 0.25) is 0 Å². The first-order valence-corrected chi connectivity index (χ1v) is 7.68. The van der Waals surface area contributed by atoms with Crippen LogP contribution in [0.5, 0.6) is 0 Å². The molecule has 0 aromatic carbocycles. The van der Waals surface area contributed by atoms with E-state index in [1.54, 1.807) is 11.3 Å². The summed E-state index contributed by atoms with van der Waals surface area (Å²) in [4.78, 5) is 5.77. The van der Waals surface area contributed by atoms with Gasteiger partial charge in [0.2, 0.25) is 0 Å². The molecule has 0 aliphatic carbocycles. The molecule has 20 heavy (non-hydrogen) atoms. The van der Waals surface area contributed by atoms with Gasteiger partial charge in [-0.2, -0.15) is 0 Å². The van der Waals surface area contributed by atoms with Crippen LogP contribution in [-0.2, 0) is 12.1 Å². The summed E-state index contributed by atoms with van der Waals surface area (Å²) in [5.74, 6) is 0. The average Bonchev–Trinajstić information content (AvgIpc) is 2.92. The molecule has 0 bridgehead atoms. The Morgan fingerprint density at radius 3 is 2.55 bits per heavy atom. The minimum absolute atomic E-state index is 0.0256. The van der Waals surface area contributed by atoms with Crippen molar-refractivity contribution >= 4 is 11.3 Å². The summed E-state index contributed by atoms with van der Waals surface area (Å²) in [7, 11) is 0. The summed E-state index contributed by atoms with van der Waals surface area (Å²) in [5.41, 5.74) is 2.05. The normalized spacial score (nSPS) is 13.7. The van der Waals surface area contributed by atoms with E-state index in [1.165, 1.54) is 4.88 Å². The Morgan fingerprint density at radius 2 is 2.05 bits per heavy atom. The van der Waals surface area contributed by atoms with Crippen molar-refractivity contribution in [2.75, 3.05) is 0 Å². The quantitative estimate of drug-likeness (QED) is 0.941. The van der Waals surface area contributed by atoms with Gasteiger partial charge in [-0.15, -0.1) is 16.4 Å². The van der Waals surface area contributed by atoms with E-state index < -0.39 is 0 Å². The highest BCUT2D eigenvalue weighted by atomic mass is 32.1. The van der Waals surface area contributed by atoms with Crippen LogP contribution in [0.3, 0.4) is 0 Å². The Hall–Kier alpha value is -1.27. The van der Waals surface area contributed by atoms with Gasteiger partial charge in [-0.1, -0.05) is 5.21 Å². The third-order valence-corrected chi connectivity index (χ3v) is 4.41. The third-order valence-electron chi connectivity index (χ3n) is 3.15. The Balaban J connectivity index is 1.98. The highest BCUT2D eigenvalue weighted by Crippen LogP contribution is 2.24. The van der Waals surface area contributed by atoms with Crippen LogP contribution in [0.1, 0.15) is 55.0 Å². The zero-order valence-electron chi connectivity index (χ0n) is 13.1. The molecule has 0 aliphatic heterocycles. The molecule has 0 fully saturated rings. The lowest BCUT2D eigenvalue weighted by Gasteiger charge is -2.17. The number of nitrogens with one attached hydrogen (secondary N) is 1. The van der Waals surface area contributed by atoms with E-state index in [9.17, 15) is 0 Å². The van der Waals surface area contributed by atoms with Gasteiger partial charge in [-0.3, -0.25) is 0 Å². The molecular formula is C14H23N5S. The molecule has 1 atom stereocenters. The predicted molar refractivity (Wildman–Crippen MR) is 81.9 cm³/mol. The standard InChI is InChI=1S/C14H23N5S/c1-9(13-10(2)16-11(3)20-13)15-7-12-8-19(18-17-12)14(4,5)6/h8-9,15H,7H2,1-6H3. The Labute approximate surface area is 124 Å². The lowest BCUT2D eigenvalue weighted by Crippen LogP contribution is -2.22. The number of hydrogen-bond acceptors (Lipinski definition) is 5. The van der Waals surface area contributed by atoms with Crippen molar-refractivity contribution < 1.29 is 0 Å². The van der Waals surface area contributed by atoms with Crippen molar-refractivity contribution in [2.24, 2.45) is 0 Å². The van der Waals surface area contributed by atoms with Crippen LogP contribution < -0.4 is 5.32 Å². The van der Waals surface area contributed by atoms with E-state index >= 15 is 0 Å². The fourth-order valence-electron chi connectivity index (χ4n) is 2.01. The predicted octanol–water partition coefficient (Wildman–Crippen LogP) is 2.96. The van der Waals surface area contributed by atoms with Gasteiger partial charge in [0.1, 0.15) is 0 Å². The molecule has 0 amide bonds. The van der Waals surface area contributed by atoms with Crippen LogP contribution >= 0.6 is 11.3 Å². The van der Waals surface area contributed by atoms with Gasteiger partial charge in [0, 0.05) is 17.5 Å². The summed E-state index contributed by atoms with van der Waals surface area (Å²) in [6, 6.07) is 0.279. The monoisotopic (exact) mass is 293 g/mol. The molecule has 0 spiro atoms. The molecule has 0 radical (unpaired) electrons. The zero-order chi connectivity index (χ0) is 14.9. The Morgan fingerprint density at radius 1 is 1.35 bits per heavy atom. The minimum Gasteiger partial charge on any atom is -0.304 e. The molecule has 110 valence electrons. The van der Waals surface area contributed by atoms with E-state index in [-0.39, 0.29) is 11.6 Å². The third kappa shape index (κ3) is 3.43.